The quantitative estimate of drug-likeness (QED) is 0.806. The van der Waals surface area contributed by atoms with Gasteiger partial charge in [0, 0.05) is 10.2 Å². The highest BCUT2D eigenvalue weighted by molar-refractivity contribution is 9.10. The van der Waals surface area contributed by atoms with E-state index in [1.807, 2.05) is 6.92 Å². The van der Waals surface area contributed by atoms with Gasteiger partial charge in [-0.3, -0.25) is 4.72 Å². The Morgan fingerprint density at radius 2 is 1.95 bits per heavy atom. The molecule has 4 nitrogen and oxygen atoms in total. The van der Waals surface area contributed by atoms with Gasteiger partial charge in [-0.1, -0.05) is 28.9 Å². The summed E-state index contributed by atoms with van der Waals surface area (Å²) >= 11 is 3.17. The van der Waals surface area contributed by atoms with E-state index < -0.39 is 15.8 Å². The van der Waals surface area contributed by atoms with Crippen molar-refractivity contribution in [3.05, 3.63) is 52.3 Å². The molecule has 0 aliphatic rings. The molecule has 0 atom stereocenters. The molecule has 0 heterocycles. The fourth-order valence-electron chi connectivity index (χ4n) is 1.84. The predicted octanol–water partition coefficient (Wildman–Crippen LogP) is 3.53. The second kappa shape index (κ2) is 6.03. The number of hydrogen-bond donors (Lipinski definition) is 2. The number of anilines is 2. The molecular weight excluding hydrogens is 359 g/mol. The average molecular weight is 373 g/mol. The van der Waals surface area contributed by atoms with Crippen LogP contribution in [-0.2, 0) is 16.4 Å². The van der Waals surface area contributed by atoms with Crippen LogP contribution in [0.25, 0.3) is 0 Å². The number of rotatable bonds is 4. The summed E-state index contributed by atoms with van der Waals surface area (Å²) in [6, 6.07) is 8.50. The molecule has 21 heavy (non-hydrogen) atoms. The third-order valence-electron chi connectivity index (χ3n) is 2.98. The Bertz CT molecular complexity index is 779. The van der Waals surface area contributed by atoms with Crippen LogP contribution in [-0.4, -0.2) is 8.42 Å². The Hall–Kier alpha value is -1.60. The Morgan fingerprint density at radius 1 is 1.24 bits per heavy atom. The molecule has 0 aliphatic heterocycles. The van der Waals surface area contributed by atoms with Crippen LogP contribution in [0, 0.1) is 5.82 Å². The Balaban J connectivity index is 2.38. The van der Waals surface area contributed by atoms with Crippen LogP contribution in [0.15, 0.2) is 45.8 Å². The van der Waals surface area contributed by atoms with Crippen molar-refractivity contribution in [2.45, 2.75) is 18.2 Å². The van der Waals surface area contributed by atoms with Gasteiger partial charge in [0.05, 0.1) is 10.6 Å². The molecule has 2 aromatic rings. The van der Waals surface area contributed by atoms with Crippen molar-refractivity contribution >= 4 is 37.3 Å². The zero-order valence-electron chi connectivity index (χ0n) is 11.2. The fourth-order valence-corrected chi connectivity index (χ4v) is 3.30. The fraction of sp³-hybridized carbons (Fsp3) is 0.143. The van der Waals surface area contributed by atoms with E-state index in [4.69, 9.17) is 5.73 Å². The van der Waals surface area contributed by atoms with E-state index in [1.165, 1.54) is 30.3 Å². The van der Waals surface area contributed by atoms with Crippen LogP contribution in [0.5, 0.6) is 0 Å². The maximum atomic E-state index is 13.6. The van der Waals surface area contributed by atoms with Gasteiger partial charge in [0.1, 0.15) is 5.82 Å². The first-order valence-corrected chi connectivity index (χ1v) is 8.47. The number of nitrogens with one attached hydrogen (secondary N) is 1. The van der Waals surface area contributed by atoms with E-state index in [9.17, 15) is 12.8 Å². The molecule has 0 spiro atoms. The maximum Gasteiger partial charge on any atom is 0.262 e. The van der Waals surface area contributed by atoms with E-state index >= 15 is 0 Å². The predicted molar refractivity (Wildman–Crippen MR) is 85.1 cm³/mol. The topological polar surface area (TPSA) is 72.2 Å². The summed E-state index contributed by atoms with van der Waals surface area (Å²) in [6.45, 7) is 1.93. The lowest BCUT2D eigenvalue weighted by molar-refractivity contribution is 0.598. The van der Waals surface area contributed by atoms with Gasteiger partial charge in [-0.15, -0.1) is 0 Å². The lowest BCUT2D eigenvalue weighted by Gasteiger charge is -2.11. The minimum atomic E-state index is -3.89. The summed E-state index contributed by atoms with van der Waals surface area (Å²) in [5.74, 6) is -0.653. The van der Waals surface area contributed by atoms with E-state index in [0.717, 1.165) is 5.56 Å². The van der Waals surface area contributed by atoms with Gasteiger partial charge in [-0.05, 0) is 42.3 Å². The largest absolute Gasteiger partial charge is 0.398 e. The zero-order valence-corrected chi connectivity index (χ0v) is 13.6. The maximum absolute atomic E-state index is 13.6. The number of nitrogen functional groups attached to an aromatic ring is 1. The number of hydrogen-bond acceptors (Lipinski definition) is 3. The van der Waals surface area contributed by atoms with Gasteiger partial charge in [-0.25, -0.2) is 12.8 Å². The molecule has 0 saturated heterocycles. The second-order valence-corrected chi connectivity index (χ2v) is 7.04. The first-order chi connectivity index (χ1) is 9.83. The van der Waals surface area contributed by atoms with Crippen molar-refractivity contribution in [2.75, 3.05) is 10.5 Å². The van der Waals surface area contributed by atoms with Crippen LogP contribution in [0.4, 0.5) is 15.8 Å². The van der Waals surface area contributed by atoms with Gasteiger partial charge in [0.2, 0.25) is 0 Å². The molecule has 0 aliphatic carbocycles. The van der Waals surface area contributed by atoms with Crippen LogP contribution in [0.3, 0.4) is 0 Å². The smallest absolute Gasteiger partial charge is 0.262 e. The standard InChI is InChI=1S/C14H14BrFN2O2S/c1-2-9-3-5-11(8-13(9)17)21(19,20)18-14-7-10(15)4-6-12(14)16/h3-8,18H,2,17H2,1H3. The normalized spacial score (nSPS) is 11.4. The summed E-state index contributed by atoms with van der Waals surface area (Å²) in [5, 5.41) is 0. The van der Waals surface area contributed by atoms with Gasteiger partial charge in [-0.2, -0.15) is 0 Å². The van der Waals surface area contributed by atoms with E-state index in [0.29, 0.717) is 16.6 Å². The number of aryl methyl sites for hydroxylation is 1. The molecule has 2 rings (SSSR count). The Kier molecular flexibility index (Phi) is 4.53. The van der Waals surface area contributed by atoms with Crippen LogP contribution < -0.4 is 10.5 Å². The molecule has 7 heteroatoms. The molecule has 112 valence electrons. The third kappa shape index (κ3) is 3.54. The van der Waals surface area contributed by atoms with Gasteiger partial charge in [0.25, 0.3) is 10.0 Å². The summed E-state index contributed by atoms with van der Waals surface area (Å²) < 4.78 is 41.0. The lowest BCUT2D eigenvalue weighted by Crippen LogP contribution is -2.14. The SMILES string of the molecule is CCc1ccc(S(=O)(=O)Nc2cc(Br)ccc2F)cc1N. The van der Waals surface area contributed by atoms with Crippen molar-refractivity contribution in [1.29, 1.82) is 0 Å². The second-order valence-electron chi connectivity index (χ2n) is 4.44. The highest BCUT2D eigenvalue weighted by Gasteiger charge is 2.17. The number of nitrogens with two attached hydrogens (primary N) is 1. The van der Waals surface area contributed by atoms with E-state index in [2.05, 4.69) is 20.7 Å². The monoisotopic (exact) mass is 372 g/mol. The van der Waals surface area contributed by atoms with Gasteiger partial charge < -0.3 is 5.73 Å². The van der Waals surface area contributed by atoms with E-state index in [1.54, 1.807) is 6.07 Å². The molecule has 0 amide bonds. The molecule has 0 bridgehead atoms. The van der Waals surface area contributed by atoms with Crippen molar-refractivity contribution in [3.8, 4) is 0 Å². The number of sulfonamides is 1. The molecular formula is C14H14BrFN2O2S. The summed E-state index contributed by atoms with van der Waals surface area (Å²) in [7, 11) is -3.89. The van der Waals surface area contributed by atoms with Crippen molar-refractivity contribution in [3.63, 3.8) is 0 Å². The third-order valence-corrected chi connectivity index (χ3v) is 4.84. The molecule has 0 radical (unpaired) electrons. The molecule has 0 saturated carbocycles. The minimum absolute atomic E-state index is 0.00317. The molecule has 0 unspecified atom stereocenters. The zero-order chi connectivity index (χ0) is 15.6. The van der Waals surface area contributed by atoms with Crippen molar-refractivity contribution in [1.82, 2.24) is 0 Å². The average Bonchev–Trinajstić information content (AvgIpc) is 2.42. The summed E-state index contributed by atoms with van der Waals surface area (Å²) in [6.07, 6.45) is 0.708. The molecule has 0 fully saturated rings. The van der Waals surface area contributed by atoms with Gasteiger partial charge in [0.15, 0.2) is 0 Å². The molecule has 2 aromatic carbocycles. The minimum Gasteiger partial charge on any atom is -0.398 e. The Labute approximate surface area is 131 Å². The lowest BCUT2D eigenvalue weighted by atomic mass is 10.1. The van der Waals surface area contributed by atoms with Gasteiger partial charge >= 0.3 is 0 Å². The molecule has 0 aromatic heterocycles. The number of benzene rings is 2. The van der Waals surface area contributed by atoms with E-state index in [-0.39, 0.29) is 10.6 Å². The summed E-state index contributed by atoms with van der Waals surface area (Å²) in [4.78, 5) is -0.00317. The highest BCUT2D eigenvalue weighted by Crippen LogP contribution is 2.25. The van der Waals surface area contributed by atoms with Crippen molar-refractivity contribution in [2.24, 2.45) is 0 Å². The first kappa shape index (κ1) is 15.8. The first-order valence-electron chi connectivity index (χ1n) is 6.19. The van der Waals surface area contributed by atoms with Crippen LogP contribution in [0.1, 0.15) is 12.5 Å². The number of halogens is 2. The summed E-state index contributed by atoms with van der Waals surface area (Å²) in [5.41, 5.74) is 6.94. The van der Waals surface area contributed by atoms with Crippen LogP contribution >= 0.6 is 15.9 Å². The Morgan fingerprint density at radius 3 is 2.57 bits per heavy atom. The highest BCUT2D eigenvalue weighted by atomic mass is 79.9. The van der Waals surface area contributed by atoms with Crippen molar-refractivity contribution < 1.29 is 12.8 Å². The van der Waals surface area contributed by atoms with Crippen LogP contribution in [0.2, 0.25) is 0 Å². The molecule has 3 N–H and O–H groups in total.